The molecule has 0 saturated carbocycles. The summed E-state index contributed by atoms with van der Waals surface area (Å²) in [5.74, 6) is -0.888. The Hall–Kier alpha value is -3.35. The lowest BCUT2D eigenvalue weighted by molar-refractivity contribution is -0.384. The van der Waals surface area contributed by atoms with E-state index in [0.717, 1.165) is 10.6 Å². The SMILES string of the molecule is Nc1ccn([C@@H]2O[C@H](COC(=O)c3cccc([N+](=O)[O-])c3)[C@@H](O)[C@H]2O)c(=O)n1. The van der Waals surface area contributed by atoms with Gasteiger partial charge in [0, 0.05) is 18.3 Å². The summed E-state index contributed by atoms with van der Waals surface area (Å²) in [6.45, 7) is -0.451. The van der Waals surface area contributed by atoms with Gasteiger partial charge in [-0.25, -0.2) is 9.59 Å². The number of ether oxygens (including phenoxy) is 2. The molecule has 3 rings (SSSR count). The molecule has 1 saturated heterocycles. The first-order valence-electron chi connectivity index (χ1n) is 8.06. The van der Waals surface area contributed by atoms with Crippen LogP contribution in [0.4, 0.5) is 11.5 Å². The van der Waals surface area contributed by atoms with Crippen molar-refractivity contribution >= 4 is 17.5 Å². The summed E-state index contributed by atoms with van der Waals surface area (Å²) >= 11 is 0. The quantitative estimate of drug-likeness (QED) is 0.331. The molecule has 1 aliphatic rings. The Morgan fingerprint density at radius 1 is 1.36 bits per heavy atom. The normalized spacial score (nSPS) is 24.1. The van der Waals surface area contributed by atoms with Gasteiger partial charge in [0.25, 0.3) is 5.69 Å². The van der Waals surface area contributed by atoms with Crippen molar-refractivity contribution in [1.82, 2.24) is 9.55 Å². The third-order valence-electron chi connectivity index (χ3n) is 4.13. The van der Waals surface area contributed by atoms with Gasteiger partial charge in [0.2, 0.25) is 0 Å². The Bertz CT molecular complexity index is 962. The number of nitrogens with two attached hydrogens (primary N) is 1. The van der Waals surface area contributed by atoms with Crippen LogP contribution in [0, 0.1) is 10.1 Å². The van der Waals surface area contributed by atoms with E-state index in [9.17, 15) is 29.9 Å². The highest BCUT2D eigenvalue weighted by atomic mass is 16.6. The summed E-state index contributed by atoms with van der Waals surface area (Å²) in [7, 11) is 0. The fraction of sp³-hybridized carbons (Fsp3) is 0.312. The number of aliphatic hydroxyl groups is 2. The molecule has 12 nitrogen and oxygen atoms in total. The molecule has 0 spiro atoms. The summed E-state index contributed by atoms with van der Waals surface area (Å²) in [6.07, 6.45) is -4.07. The Labute approximate surface area is 156 Å². The Kier molecular flexibility index (Phi) is 5.35. The topological polar surface area (TPSA) is 180 Å². The van der Waals surface area contributed by atoms with Crippen LogP contribution in [-0.4, -0.2) is 55.6 Å². The number of esters is 1. The van der Waals surface area contributed by atoms with Gasteiger partial charge in [-0.15, -0.1) is 0 Å². The molecular formula is C16H16N4O8. The van der Waals surface area contributed by atoms with Gasteiger partial charge in [-0.2, -0.15) is 4.98 Å². The summed E-state index contributed by atoms with van der Waals surface area (Å²) in [6, 6.07) is 6.25. The lowest BCUT2D eigenvalue weighted by atomic mass is 10.1. The van der Waals surface area contributed by atoms with E-state index in [-0.39, 0.29) is 17.1 Å². The standard InChI is InChI=1S/C16H16N4O8/c17-11-4-5-19(16(24)18-11)14-13(22)12(21)10(28-14)7-27-15(23)8-2-1-3-9(6-8)20(25)26/h1-6,10,12-14,21-22H,7H2,(H2,17,18,24)/t10-,12-,13-,14-/m1/s1. The number of carbonyl (C=O) groups is 1. The van der Waals surface area contributed by atoms with E-state index >= 15 is 0 Å². The number of non-ortho nitro benzene ring substituents is 1. The van der Waals surface area contributed by atoms with Crippen LogP contribution in [0.25, 0.3) is 0 Å². The molecule has 2 aromatic rings. The van der Waals surface area contributed by atoms with Crippen molar-refractivity contribution in [2.24, 2.45) is 0 Å². The minimum absolute atomic E-state index is 0.0169. The summed E-state index contributed by atoms with van der Waals surface area (Å²) in [5, 5.41) is 31.0. The number of rotatable bonds is 5. The predicted molar refractivity (Wildman–Crippen MR) is 92.2 cm³/mol. The zero-order valence-corrected chi connectivity index (χ0v) is 14.2. The van der Waals surface area contributed by atoms with Gasteiger partial charge >= 0.3 is 11.7 Å². The maximum Gasteiger partial charge on any atom is 0.351 e. The van der Waals surface area contributed by atoms with Crippen LogP contribution in [0.15, 0.2) is 41.3 Å². The highest BCUT2D eigenvalue weighted by Gasteiger charge is 2.44. The number of aromatic nitrogens is 2. The first kappa shape index (κ1) is 19.4. The maximum atomic E-state index is 12.1. The molecule has 0 unspecified atom stereocenters. The van der Waals surface area contributed by atoms with E-state index in [1.54, 1.807) is 0 Å². The van der Waals surface area contributed by atoms with E-state index in [1.807, 2.05) is 0 Å². The van der Waals surface area contributed by atoms with Crippen LogP contribution < -0.4 is 11.4 Å². The lowest BCUT2D eigenvalue weighted by Gasteiger charge is -2.16. The van der Waals surface area contributed by atoms with Crippen molar-refractivity contribution in [3.05, 3.63) is 62.7 Å². The second kappa shape index (κ2) is 7.72. The molecule has 0 amide bonds. The lowest BCUT2D eigenvalue weighted by Crippen LogP contribution is -2.36. The molecule has 1 aromatic carbocycles. The highest BCUT2D eigenvalue weighted by molar-refractivity contribution is 5.90. The Morgan fingerprint density at radius 3 is 2.79 bits per heavy atom. The van der Waals surface area contributed by atoms with Crippen molar-refractivity contribution in [3.8, 4) is 0 Å². The molecule has 28 heavy (non-hydrogen) atoms. The molecule has 148 valence electrons. The Morgan fingerprint density at radius 2 is 2.11 bits per heavy atom. The number of benzene rings is 1. The van der Waals surface area contributed by atoms with Crippen molar-refractivity contribution in [3.63, 3.8) is 0 Å². The van der Waals surface area contributed by atoms with Gasteiger partial charge in [-0.1, -0.05) is 6.07 Å². The summed E-state index contributed by atoms with van der Waals surface area (Å²) < 4.78 is 11.4. The third kappa shape index (κ3) is 3.83. The number of anilines is 1. The van der Waals surface area contributed by atoms with Gasteiger partial charge in [-0.05, 0) is 12.1 Å². The fourth-order valence-corrected chi connectivity index (χ4v) is 2.70. The Balaban J connectivity index is 1.68. The van der Waals surface area contributed by atoms with Crippen LogP contribution in [0.2, 0.25) is 0 Å². The zero-order valence-electron chi connectivity index (χ0n) is 14.2. The molecule has 4 atom stereocenters. The third-order valence-corrected chi connectivity index (χ3v) is 4.13. The van der Waals surface area contributed by atoms with E-state index in [2.05, 4.69) is 4.98 Å². The number of nitrogen functional groups attached to an aromatic ring is 1. The number of nitrogens with zero attached hydrogens (tertiary/aromatic N) is 3. The summed E-state index contributed by atoms with van der Waals surface area (Å²) in [5.41, 5.74) is 4.28. The molecule has 1 aromatic heterocycles. The minimum Gasteiger partial charge on any atom is -0.459 e. The number of carbonyl (C=O) groups excluding carboxylic acids is 1. The van der Waals surface area contributed by atoms with E-state index in [0.29, 0.717) is 0 Å². The molecule has 0 radical (unpaired) electrons. The van der Waals surface area contributed by atoms with Crippen molar-refractivity contribution < 1.29 is 29.4 Å². The minimum atomic E-state index is -1.48. The summed E-state index contributed by atoms with van der Waals surface area (Å²) in [4.78, 5) is 37.6. The van der Waals surface area contributed by atoms with E-state index in [1.165, 1.54) is 30.5 Å². The van der Waals surface area contributed by atoms with Crippen molar-refractivity contribution in [2.45, 2.75) is 24.5 Å². The van der Waals surface area contributed by atoms with Crippen LogP contribution >= 0.6 is 0 Å². The van der Waals surface area contributed by atoms with Crippen LogP contribution in [0.5, 0.6) is 0 Å². The van der Waals surface area contributed by atoms with Gasteiger partial charge in [0.15, 0.2) is 6.23 Å². The first-order valence-corrected chi connectivity index (χ1v) is 8.06. The van der Waals surface area contributed by atoms with Crippen LogP contribution in [0.1, 0.15) is 16.6 Å². The number of hydrogen-bond acceptors (Lipinski definition) is 10. The largest absolute Gasteiger partial charge is 0.459 e. The van der Waals surface area contributed by atoms with Gasteiger partial charge in [-0.3, -0.25) is 14.7 Å². The molecule has 0 aliphatic carbocycles. The van der Waals surface area contributed by atoms with Crippen molar-refractivity contribution in [1.29, 1.82) is 0 Å². The van der Waals surface area contributed by atoms with E-state index < -0.39 is 47.7 Å². The van der Waals surface area contributed by atoms with Crippen molar-refractivity contribution in [2.75, 3.05) is 12.3 Å². The fourth-order valence-electron chi connectivity index (χ4n) is 2.70. The molecule has 2 heterocycles. The smallest absolute Gasteiger partial charge is 0.351 e. The van der Waals surface area contributed by atoms with Crippen LogP contribution in [-0.2, 0) is 9.47 Å². The predicted octanol–water partition coefficient (Wildman–Crippen LogP) is -0.790. The molecule has 4 N–H and O–H groups in total. The number of nitro benzene ring substituents is 1. The number of hydrogen-bond donors (Lipinski definition) is 3. The van der Waals surface area contributed by atoms with Gasteiger partial charge in [0.1, 0.15) is 30.7 Å². The zero-order chi connectivity index (χ0) is 20.4. The molecular weight excluding hydrogens is 376 g/mol. The molecule has 1 fully saturated rings. The first-order chi connectivity index (χ1) is 13.3. The number of nitro groups is 1. The van der Waals surface area contributed by atoms with E-state index in [4.69, 9.17) is 15.2 Å². The van der Waals surface area contributed by atoms with Crippen LogP contribution in [0.3, 0.4) is 0 Å². The second-order valence-corrected chi connectivity index (χ2v) is 5.99. The maximum absolute atomic E-state index is 12.1. The molecule has 1 aliphatic heterocycles. The monoisotopic (exact) mass is 392 g/mol. The number of aliphatic hydroxyl groups excluding tert-OH is 2. The molecule has 12 heteroatoms. The molecule has 0 bridgehead atoms. The average Bonchev–Trinajstić information content (AvgIpc) is 2.94. The highest BCUT2D eigenvalue weighted by Crippen LogP contribution is 2.28. The second-order valence-electron chi connectivity index (χ2n) is 5.99. The van der Waals surface area contributed by atoms with Gasteiger partial charge in [0.05, 0.1) is 10.5 Å². The van der Waals surface area contributed by atoms with Gasteiger partial charge < -0.3 is 25.4 Å². The average molecular weight is 392 g/mol.